The SMILES string of the molecule is O=C(Oc1ccccc1)C1OC1C(=NC1CCCC1)Oc1ccccc1. The van der Waals surface area contributed by atoms with Crippen molar-refractivity contribution in [3.8, 4) is 11.5 Å². The average molecular weight is 351 g/mol. The first-order chi connectivity index (χ1) is 12.8. The summed E-state index contributed by atoms with van der Waals surface area (Å²) in [6, 6.07) is 18.7. The molecule has 2 aromatic rings. The van der Waals surface area contributed by atoms with Gasteiger partial charge in [0.1, 0.15) is 11.5 Å². The second kappa shape index (κ2) is 7.70. The van der Waals surface area contributed by atoms with Gasteiger partial charge >= 0.3 is 5.97 Å². The summed E-state index contributed by atoms with van der Waals surface area (Å²) in [4.78, 5) is 17.1. The molecule has 5 nitrogen and oxygen atoms in total. The lowest BCUT2D eigenvalue weighted by Crippen LogP contribution is -2.25. The van der Waals surface area contributed by atoms with Gasteiger partial charge in [0.2, 0.25) is 5.90 Å². The van der Waals surface area contributed by atoms with Gasteiger partial charge in [0.25, 0.3) is 0 Å². The molecule has 0 aromatic heterocycles. The average Bonchev–Trinajstić information content (AvgIpc) is 3.32. The Kier molecular flexibility index (Phi) is 4.97. The molecular formula is C21H21NO4. The normalized spacial score (nSPS) is 22.8. The van der Waals surface area contributed by atoms with Crippen LogP contribution in [-0.4, -0.2) is 30.1 Å². The van der Waals surface area contributed by atoms with Gasteiger partial charge in [-0.2, -0.15) is 0 Å². The fraction of sp³-hybridized carbons (Fsp3) is 0.333. The molecule has 2 atom stereocenters. The number of carbonyl (C=O) groups excluding carboxylic acids is 1. The molecule has 0 N–H and O–H groups in total. The highest BCUT2D eigenvalue weighted by atomic mass is 16.7. The molecule has 2 aliphatic rings. The first-order valence-corrected chi connectivity index (χ1v) is 9.02. The maximum absolute atomic E-state index is 12.3. The Morgan fingerprint density at radius 1 is 0.846 bits per heavy atom. The van der Waals surface area contributed by atoms with Gasteiger partial charge in [0.05, 0.1) is 6.04 Å². The minimum atomic E-state index is -0.668. The van der Waals surface area contributed by atoms with E-state index < -0.39 is 18.2 Å². The molecule has 5 heteroatoms. The molecule has 0 bridgehead atoms. The molecular weight excluding hydrogens is 330 g/mol. The lowest BCUT2D eigenvalue weighted by molar-refractivity contribution is -0.135. The molecule has 1 saturated heterocycles. The first-order valence-electron chi connectivity index (χ1n) is 9.02. The third-order valence-electron chi connectivity index (χ3n) is 4.53. The summed E-state index contributed by atoms with van der Waals surface area (Å²) in [6.45, 7) is 0. The highest BCUT2D eigenvalue weighted by Gasteiger charge is 2.52. The number of rotatable bonds is 5. The fourth-order valence-electron chi connectivity index (χ4n) is 3.12. The van der Waals surface area contributed by atoms with E-state index in [1.165, 1.54) is 12.8 Å². The van der Waals surface area contributed by atoms with Crippen molar-refractivity contribution in [2.24, 2.45) is 4.99 Å². The Balaban J connectivity index is 1.45. The van der Waals surface area contributed by atoms with Crippen LogP contribution in [0.25, 0.3) is 0 Å². The molecule has 0 radical (unpaired) electrons. The van der Waals surface area contributed by atoms with Crippen LogP contribution in [0.3, 0.4) is 0 Å². The molecule has 1 aliphatic carbocycles. The number of epoxide rings is 1. The van der Waals surface area contributed by atoms with E-state index in [0.29, 0.717) is 17.4 Å². The van der Waals surface area contributed by atoms with Gasteiger partial charge in [0, 0.05) is 0 Å². The Hall–Kier alpha value is -2.66. The zero-order valence-electron chi connectivity index (χ0n) is 14.4. The van der Waals surface area contributed by atoms with Crippen molar-refractivity contribution in [1.29, 1.82) is 0 Å². The summed E-state index contributed by atoms with van der Waals surface area (Å²) >= 11 is 0. The summed E-state index contributed by atoms with van der Waals surface area (Å²) in [5.41, 5.74) is 0. The minimum Gasteiger partial charge on any atom is -0.440 e. The van der Waals surface area contributed by atoms with Crippen LogP contribution in [0.1, 0.15) is 25.7 Å². The predicted molar refractivity (Wildman–Crippen MR) is 97.5 cm³/mol. The maximum Gasteiger partial charge on any atom is 0.344 e. The van der Waals surface area contributed by atoms with Crippen molar-refractivity contribution in [3.05, 3.63) is 60.7 Å². The molecule has 1 heterocycles. The molecule has 0 amide bonds. The molecule has 2 fully saturated rings. The molecule has 1 saturated carbocycles. The number of ether oxygens (including phenoxy) is 3. The molecule has 1 aliphatic heterocycles. The van der Waals surface area contributed by atoms with E-state index >= 15 is 0 Å². The van der Waals surface area contributed by atoms with Crippen molar-refractivity contribution in [3.63, 3.8) is 0 Å². The van der Waals surface area contributed by atoms with Crippen molar-refractivity contribution < 1.29 is 19.0 Å². The predicted octanol–water partition coefficient (Wildman–Crippen LogP) is 3.78. The van der Waals surface area contributed by atoms with Crippen molar-refractivity contribution in [2.75, 3.05) is 0 Å². The molecule has 26 heavy (non-hydrogen) atoms. The van der Waals surface area contributed by atoms with Crippen LogP contribution in [0.4, 0.5) is 0 Å². The van der Waals surface area contributed by atoms with Crippen LogP contribution in [0, 0.1) is 0 Å². The van der Waals surface area contributed by atoms with E-state index in [1.807, 2.05) is 48.5 Å². The van der Waals surface area contributed by atoms with E-state index in [1.54, 1.807) is 12.1 Å². The quantitative estimate of drug-likeness (QED) is 0.270. The fourth-order valence-corrected chi connectivity index (χ4v) is 3.12. The summed E-state index contributed by atoms with van der Waals surface area (Å²) < 4.78 is 16.9. The number of hydrogen-bond acceptors (Lipinski definition) is 5. The van der Waals surface area contributed by atoms with Gasteiger partial charge in [-0.05, 0) is 37.1 Å². The van der Waals surface area contributed by atoms with E-state index in [4.69, 9.17) is 19.2 Å². The van der Waals surface area contributed by atoms with Gasteiger partial charge < -0.3 is 14.2 Å². The Labute approximate surface area is 152 Å². The Bertz CT molecular complexity index is 769. The van der Waals surface area contributed by atoms with Crippen molar-refractivity contribution >= 4 is 11.9 Å². The number of hydrogen-bond donors (Lipinski definition) is 0. The smallest absolute Gasteiger partial charge is 0.344 e. The lowest BCUT2D eigenvalue weighted by atomic mass is 10.2. The zero-order chi connectivity index (χ0) is 17.8. The van der Waals surface area contributed by atoms with E-state index in [-0.39, 0.29) is 6.04 Å². The van der Waals surface area contributed by atoms with Gasteiger partial charge in [-0.25, -0.2) is 9.79 Å². The van der Waals surface area contributed by atoms with Gasteiger partial charge in [0.15, 0.2) is 12.2 Å². The second-order valence-corrected chi connectivity index (χ2v) is 6.53. The van der Waals surface area contributed by atoms with Crippen molar-refractivity contribution in [1.82, 2.24) is 0 Å². The largest absolute Gasteiger partial charge is 0.440 e. The number of aliphatic imine (C=N–C) groups is 1. The van der Waals surface area contributed by atoms with Gasteiger partial charge in [-0.3, -0.25) is 0 Å². The van der Waals surface area contributed by atoms with Crippen molar-refractivity contribution in [2.45, 2.75) is 43.9 Å². The number of esters is 1. The summed E-state index contributed by atoms with van der Waals surface area (Å²) in [5, 5.41) is 0. The first kappa shape index (κ1) is 16.8. The van der Waals surface area contributed by atoms with Crippen LogP contribution in [0.2, 0.25) is 0 Å². The Morgan fingerprint density at radius 3 is 2.04 bits per heavy atom. The number of nitrogens with zero attached hydrogens (tertiary/aromatic N) is 1. The molecule has 2 aromatic carbocycles. The third-order valence-corrected chi connectivity index (χ3v) is 4.53. The lowest BCUT2D eigenvalue weighted by Gasteiger charge is -2.10. The topological polar surface area (TPSA) is 60.4 Å². The molecule has 134 valence electrons. The van der Waals surface area contributed by atoms with E-state index in [2.05, 4.69) is 0 Å². The van der Waals surface area contributed by atoms with Crippen LogP contribution in [0.5, 0.6) is 11.5 Å². The summed E-state index contributed by atoms with van der Waals surface area (Å²) in [6.07, 6.45) is 3.31. The minimum absolute atomic E-state index is 0.240. The second-order valence-electron chi connectivity index (χ2n) is 6.53. The van der Waals surface area contributed by atoms with Crippen LogP contribution in [0.15, 0.2) is 65.7 Å². The highest BCUT2D eigenvalue weighted by molar-refractivity contribution is 5.94. The van der Waals surface area contributed by atoms with E-state index in [9.17, 15) is 4.79 Å². The maximum atomic E-state index is 12.3. The van der Waals surface area contributed by atoms with Crippen LogP contribution in [-0.2, 0) is 9.53 Å². The van der Waals surface area contributed by atoms with Crippen LogP contribution < -0.4 is 9.47 Å². The number of para-hydroxylation sites is 2. The highest BCUT2D eigenvalue weighted by Crippen LogP contribution is 2.30. The van der Waals surface area contributed by atoms with Gasteiger partial charge in [-0.15, -0.1) is 0 Å². The summed E-state index contributed by atoms with van der Waals surface area (Å²) in [7, 11) is 0. The van der Waals surface area contributed by atoms with Gasteiger partial charge in [-0.1, -0.05) is 49.2 Å². The number of carbonyl (C=O) groups is 1. The Morgan fingerprint density at radius 2 is 1.42 bits per heavy atom. The standard InChI is InChI=1S/C21H21NO4/c23-21(25-17-13-5-2-6-14-17)19-18(26-19)20(22-15-9-7-8-10-15)24-16-11-3-1-4-12-16/h1-6,11-15,18-19H,7-10H2. The number of benzene rings is 2. The molecule has 4 rings (SSSR count). The summed E-state index contributed by atoms with van der Waals surface area (Å²) in [5.74, 6) is 1.25. The van der Waals surface area contributed by atoms with Crippen LogP contribution >= 0.6 is 0 Å². The third kappa shape index (κ3) is 4.11. The van der Waals surface area contributed by atoms with E-state index in [0.717, 1.165) is 12.8 Å². The molecule has 0 spiro atoms. The molecule has 2 unspecified atom stereocenters. The monoisotopic (exact) mass is 351 g/mol. The zero-order valence-corrected chi connectivity index (χ0v) is 14.4.